The highest BCUT2D eigenvalue weighted by molar-refractivity contribution is 9.10. The highest BCUT2D eigenvalue weighted by Gasteiger charge is 2.24. The van der Waals surface area contributed by atoms with Crippen LogP contribution in [0.5, 0.6) is 5.75 Å². The van der Waals surface area contributed by atoms with Crippen molar-refractivity contribution in [1.29, 1.82) is 0 Å². The zero-order valence-corrected chi connectivity index (χ0v) is 13.9. The van der Waals surface area contributed by atoms with Gasteiger partial charge in [0.05, 0.1) is 19.2 Å². The molecule has 0 amide bonds. The molecule has 5 heteroatoms. The lowest BCUT2D eigenvalue weighted by Gasteiger charge is -2.29. The van der Waals surface area contributed by atoms with Gasteiger partial charge in [0, 0.05) is 4.47 Å². The number of benzene rings is 2. The second-order valence-electron chi connectivity index (χ2n) is 5.29. The molecule has 2 atom stereocenters. The van der Waals surface area contributed by atoms with Gasteiger partial charge in [-0.25, -0.2) is 4.99 Å². The minimum Gasteiger partial charge on any atom is -0.497 e. The molecule has 0 bridgehead atoms. The summed E-state index contributed by atoms with van der Waals surface area (Å²) in [6, 6.07) is 16.4. The Morgan fingerprint density at radius 2 is 1.95 bits per heavy atom. The van der Waals surface area contributed by atoms with Crippen LogP contribution in [-0.4, -0.2) is 13.1 Å². The number of nitrogens with two attached hydrogens (primary N) is 1. The lowest BCUT2D eigenvalue weighted by molar-refractivity contribution is 0.412. The predicted molar refractivity (Wildman–Crippen MR) is 92.0 cm³/mol. The number of aliphatic imine (C=N–C) groups is 1. The van der Waals surface area contributed by atoms with Crippen molar-refractivity contribution in [2.45, 2.75) is 18.5 Å². The molecule has 2 unspecified atom stereocenters. The monoisotopic (exact) mass is 359 g/mol. The molecular formula is C17H18BrN3O. The highest BCUT2D eigenvalue weighted by atomic mass is 79.9. The molecule has 3 N–H and O–H groups in total. The molecule has 0 spiro atoms. The van der Waals surface area contributed by atoms with Crippen molar-refractivity contribution in [3.63, 3.8) is 0 Å². The number of nitrogens with zero attached hydrogens (tertiary/aromatic N) is 1. The van der Waals surface area contributed by atoms with Crippen LogP contribution in [0.1, 0.15) is 29.6 Å². The number of ether oxygens (including phenoxy) is 1. The average molecular weight is 360 g/mol. The summed E-state index contributed by atoms with van der Waals surface area (Å²) in [5.74, 6) is 1.32. The first kappa shape index (κ1) is 14.9. The van der Waals surface area contributed by atoms with Gasteiger partial charge in [0.2, 0.25) is 0 Å². The molecule has 0 fully saturated rings. The summed E-state index contributed by atoms with van der Waals surface area (Å²) in [6.07, 6.45) is 0.852. The first-order valence-electron chi connectivity index (χ1n) is 7.15. The fraction of sp³-hybridized carbons (Fsp3) is 0.235. The molecule has 0 radical (unpaired) electrons. The Morgan fingerprint density at radius 1 is 1.18 bits per heavy atom. The van der Waals surface area contributed by atoms with Crippen LogP contribution in [-0.2, 0) is 0 Å². The first-order valence-corrected chi connectivity index (χ1v) is 7.94. The topological polar surface area (TPSA) is 59.6 Å². The molecule has 0 saturated carbocycles. The Bertz CT molecular complexity index is 702. The van der Waals surface area contributed by atoms with Gasteiger partial charge >= 0.3 is 0 Å². The lowest BCUT2D eigenvalue weighted by atomic mass is 9.94. The van der Waals surface area contributed by atoms with E-state index in [0.29, 0.717) is 5.96 Å². The van der Waals surface area contributed by atoms with Crippen molar-refractivity contribution in [1.82, 2.24) is 5.32 Å². The second kappa shape index (κ2) is 6.40. The van der Waals surface area contributed by atoms with Crippen molar-refractivity contribution in [3.05, 3.63) is 64.1 Å². The fourth-order valence-corrected chi connectivity index (χ4v) is 3.14. The molecule has 0 aliphatic carbocycles. The van der Waals surface area contributed by atoms with Crippen molar-refractivity contribution in [2.75, 3.05) is 7.11 Å². The molecule has 1 aliphatic heterocycles. The van der Waals surface area contributed by atoms with E-state index in [2.05, 4.69) is 44.4 Å². The van der Waals surface area contributed by atoms with Crippen molar-refractivity contribution >= 4 is 21.9 Å². The standard InChI is InChI=1S/C17H18BrN3O/c1-22-14-7-3-5-12(9-14)16-10-15(20-17(19)21-16)11-4-2-6-13(18)8-11/h2-9,15-16H,10H2,1H3,(H3,19,20,21). The molecule has 22 heavy (non-hydrogen) atoms. The summed E-state index contributed by atoms with van der Waals surface area (Å²) in [6.45, 7) is 0. The third-order valence-corrected chi connectivity index (χ3v) is 4.30. The normalized spacial score (nSPS) is 20.9. The summed E-state index contributed by atoms with van der Waals surface area (Å²) in [7, 11) is 1.67. The van der Waals surface area contributed by atoms with E-state index in [0.717, 1.165) is 27.8 Å². The molecule has 1 heterocycles. The molecule has 3 rings (SSSR count). The minimum atomic E-state index is 0.0509. The predicted octanol–water partition coefficient (Wildman–Crippen LogP) is 3.55. The molecule has 4 nitrogen and oxygen atoms in total. The fourth-order valence-electron chi connectivity index (χ4n) is 2.72. The Morgan fingerprint density at radius 3 is 2.73 bits per heavy atom. The van der Waals surface area contributed by atoms with Gasteiger partial charge in [0.1, 0.15) is 5.75 Å². The summed E-state index contributed by atoms with van der Waals surface area (Å²) in [5, 5.41) is 3.26. The number of hydrogen-bond donors (Lipinski definition) is 2. The van der Waals surface area contributed by atoms with Gasteiger partial charge in [-0.2, -0.15) is 0 Å². The van der Waals surface area contributed by atoms with Crippen LogP contribution in [0.25, 0.3) is 0 Å². The van der Waals surface area contributed by atoms with Crippen molar-refractivity contribution < 1.29 is 4.74 Å². The van der Waals surface area contributed by atoms with E-state index in [-0.39, 0.29) is 12.1 Å². The van der Waals surface area contributed by atoms with Crippen LogP contribution in [0.4, 0.5) is 0 Å². The van der Waals surface area contributed by atoms with Crippen LogP contribution in [0.3, 0.4) is 0 Å². The van der Waals surface area contributed by atoms with E-state index in [4.69, 9.17) is 10.5 Å². The van der Waals surface area contributed by atoms with Gasteiger partial charge in [-0.05, 0) is 41.8 Å². The van der Waals surface area contributed by atoms with Gasteiger partial charge in [-0.1, -0.05) is 40.2 Å². The summed E-state index contributed by atoms with van der Waals surface area (Å²) >= 11 is 3.51. The smallest absolute Gasteiger partial charge is 0.189 e. The largest absolute Gasteiger partial charge is 0.497 e. The number of nitrogens with one attached hydrogen (secondary N) is 1. The lowest BCUT2D eigenvalue weighted by Crippen LogP contribution is -2.39. The number of rotatable bonds is 3. The van der Waals surface area contributed by atoms with Crippen LogP contribution < -0.4 is 15.8 Å². The van der Waals surface area contributed by atoms with E-state index < -0.39 is 0 Å². The van der Waals surface area contributed by atoms with Crippen LogP contribution in [0, 0.1) is 0 Å². The maximum absolute atomic E-state index is 5.99. The van der Waals surface area contributed by atoms with Gasteiger partial charge in [-0.3, -0.25) is 0 Å². The molecule has 1 aliphatic rings. The van der Waals surface area contributed by atoms with Crippen LogP contribution in [0.2, 0.25) is 0 Å². The third kappa shape index (κ3) is 3.25. The highest BCUT2D eigenvalue weighted by Crippen LogP contribution is 2.34. The molecule has 2 aromatic rings. The molecular weight excluding hydrogens is 342 g/mol. The van der Waals surface area contributed by atoms with Gasteiger partial charge < -0.3 is 15.8 Å². The average Bonchev–Trinajstić information content (AvgIpc) is 2.54. The van der Waals surface area contributed by atoms with E-state index >= 15 is 0 Å². The van der Waals surface area contributed by atoms with Crippen molar-refractivity contribution in [3.8, 4) is 5.75 Å². The zero-order valence-electron chi connectivity index (χ0n) is 12.3. The van der Waals surface area contributed by atoms with Gasteiger partial charge in [0.25, 0.3) is 0 Å². The second-order valence-corrected chi connectivity index (χ2v) is 6.21. The van der Waals surface area contributed by atoms with Crippen LogP contribution >= 0.6 is 15.9 Å². The zero-order chi connectivity index (χ0) is 15.5. The Labute approximate surface area is 138 Å². The van der Waals surface area contributed by atoms with E-state index in [1.165, 1.54) is 0 Å². The number of hydrogen-bond acceptors (Lipinski definition) is 4. The van der Waals surface area contributed by atoms with E-state index in [1.807, 2.05) is 30.3 Å². The third-order valence-electron chi connectivity index (χ3n) is 3.81. The minimum absolute atomic E-state index is 0.0509. The summed E-state index contributed by atoms with van der Waals surface area (Å²) in [4.78, 5) is 4.54. The Kier molecular flexibility index (Phi) is 4.34. The van der Waals surface area contributed by atoms with Gasteiger partial charge in [-0.15, -0.1) is 0 Å². The Balaban J connectivity index is 1.88. The van der Waals surface area contributed by atoms with Crippen molar-refractivity contribution in [2.24, 2.45) is 10.7 Å². The summed E-state index contributed by atoms with van der Waals surface area (Å²) in [5.41, 5.74) is 8.30. The molecule has 114 valence electrons. The molecule has 0 saturated heterocycles. The van der Waals surface area contributed by atoms with Crippen LogP contribution in [0.15, 0.2) is 58.0 Å². The quantitative estimate of drug-likeness (QED) is 0.880. The Hall–Kier alpha value is -2.01. The number of methoxy groups -OCH3 is 1. The maximum atomic E-state index is 5.99. The van der Waals surface area contributed by atoms with Gasteiger partial charge in [0.15, 0.2) is 5.96 Å². The number of halogens is 1. The maximum Gasteiger partial charge on any atom is 0.189 e. The van der Waals surface area contributed by atoms with E-state index in [9.17, 15) is 0 Å². The SMILES string of the molecule is COc1cccc(C2CC(c3cccc(Br)c3)N=C(N)N2)c1. The molecule has 0 aromatic heterocycles. The first-order chi connectivity index (χ1) is 10.7. The number of guanidine groups is 1. The van der Waals surface area contributed by atoms with E-state index in [1.54, 1.807) is 7.11 Å². The molecule has 2 aromatic carbocycles. The summed E-state index contributed by atoms with van der Waals surface area (Å²) < 4.78 is 6.36.